The van der Waals surface area contributed by atoms with E-state index in [1.165, 1.54) is 12.1 Å². The number of phenols is 1. The van der Waals surface area contributed by atoms with Gasteiger partial charge in [-0.3, -0.25) is 4.79 Å². The molecule has 4 aromatic rings. The predicted molar refractivity (Wildman–Crippen MR) is 128 cm³/mol. The Labute approximate surface area is 197 Å². The number of halogens is 3. The van der Waals surface area contributed by atoms with E-state index in [0.717, 1.165) is 22.0 Å². The number of carbonyl (C=O) groups is 1. The molecule has 3 aromatic carbocycles. The smallest absolute Gasteiger partial charge is 0.275 e. The molecule has 0 aliphatic carbocycles. The van der Waals surface area contributed by atoms with Crippen LogP contribution in [-0.2, 0) is 6.54 Å². The molecule has 0 bridgehead atoms. The van der Waals surface area contributed by atoms with Crippen molar-refractivity contribution < 1.29 is 9.90 Å². The van der Waals surface area contributed by atoms with Crippen LogP contribution in [0.1, 0.15) is 21.5 Å². The number of amides is 1. The molecule has 31 heavy (non-hydrogen) atoms. The molecule has 1 amide bonds. The molecule has 0 saturated carbocycles. The maximum Gasteiger partial charge on any atom is 0.275 e. The van der Waals surface area contributed by atoms with Gasteiger partial charge in [0, 0.05) is 43.7 Å². The van der Waals surface area contributed by atoms with Crippen LogP contribution in [0.25, 0.3) is 10.9 Å². The van der Waals surface area contributed by atoms with E-state index >= 15 is 0 Å². The van der Waals surface area contributed by atoms with Gasteiger partial charge in [0.25, 0.3) is 5.91 Å². The fourth-order valence-electron chi connectivity index (χ4n) is 3.25. The zero-order valence-electron chi connectivity index (χ0n) is 16.0. The van der Waals surface area contributed by atoms with E-state index < -0.39 is 5.91 Å². The summed E-state index contributed by atoms with van der Waals surface area (Å²) in [6.07, 6.45) is 3.52. The second kappa shape index (κ2) is 9.14. The van der Waals surface area contributed by atoms with E-state index in [-0.39, 0.29) is 11.3 Å². The normalized spacial score (nSPS) is 11.3. The SMILES string of the molecule is O=C(N/N=C/c1cn(Cc2ccc(Cl)cc2Cl)c2ccccc12)c1cc(Br)ccc1O. The highest BCUT2D eigenvalue weighted by atomic mass is 79.9. The molecule has 0 aliphatic heterocycles. The highest BCUT2D eigenvalue weighted by Gasteiger charge is 2.12. The molecule has 0 atom stereocenters. The zero-order chi connectivity index (χ0) is 22.0. The van der Waals surface area contributed by atoms with Gasteiger partial charge in [0.05, 0.1) is 11.8 Å². The molecule has 8 heteroatoms. The van der Waals surface area contributed by atoms with Crippen LogP contribution in [0, 0.1) is 0 Å². The fourth-order valence-corrected chi connectivity index (χ4v) is 4.08. The Balaban J connectivity index is 1.59. The average molecular weight is 517 g/mol. The van der Waals surface area contributed by atoms with Gasteiger partial charge < -0.3 is 9.67 Å². The van der Waals surface area contributed by atoms with Gasteiger partial charge in [-0.1, -0.05) is 63.4 Å². The molecule has 5 nitrogen and oxygen atoms in total. The molecule has 156 valence electrons. The lowest BCUT2D eigenvalue weighted by atomic mass is 10.2. The van der Waals surface area contributed by atoms with Crippen molar-refractivity contribution in [2.24, 2.45) is 5.10 Å². The third-order valence-electron chi connectivity index (χ3n) is 4.75. The molecule has 1 heterocycles. The van der Waals surface area contributed by atoms with Crippen LogP contribution in [0.15, 0.2) is 76.4 Å². The van der Waals surface area contributed by atoms with E-state index in [4.69, 9.17) is 23.2 Å². The standard InChI is InChI=1S/C23H16BrCl2N3O2/c24-16-6-8-22(30)19(9-16)23(31)28-27-11-15-13-29(21-4-2-1-3-18(15)21)12-14-5-7-17(25)10-20(14)26/h1-11,13,30H,12H2,(H,28,31)/b27-11+. The largest absolute Gasteiger partial charge is 0.507 e. The minimum Gasteiger partial charge on any atom is -0.507 e. The van der Waals surface area contributed by atoms with Crippen molar-refractivity contribution in [3.8, 4) is 5.75 Å². The van der Waals surface area contributed by atoms with Crippen LogP contribution in [-0.4, -0.2) is 21.8 Å². The van der Waals surface area contributed by atoms with Gasteiger partial charge in [-0.15, -0.1) is 0 Å². The van der Waals surface area contributed by atoms with E-state index in [0.29, 0.717) is 21.1 Å². The lowest BCUT2D eigenvalue weighted by Crippen LogP contribution is -2.17. The average Bonchev–Trinajstić information content (AvgIpc) is 3.09. The van der Waals surface area contributed by atoms with Gasteiger partial charge in [0.15, 0.2) is 0 Å². The first-order valence-electron chi connectivity index (χ1n) is 9.26. The van der Waals surface area contributed by atoms with Crippen molar-refractivity contribution in [3.05, 3.63) is 98.1 Å². The number of aromatic nitrogens is 1. The Kier molecular flexibility index (Phi) is 6.32. The first-order chi connectivity index (χ1) is 14.9. The van der Waals surface area contributed by atoms with E-state index in [9.17, 15) is 9.90 Å². The Bertz CT molecular complexity index is 1320. The number of aromatic hydroxyl groups is 1. The molecule has 2 N–H and O–H groups in total. The van der Waals surface area contributed by atoms with Crippen LogP contribution in [0.2, 0.25) is 10.0 Å². The molecular weight excluding hydrogens is 501 g/mol. The first kappa shape index (κ1) is 21.4. The number of fused-ring (bicyclic) bond motifs is 1. The number of nitrogens with one attached hydrogen (secondary N) is 1. The number of carbonyl (C=O) groups excluding carboxylic acids is 1. The van der Waals surface area contributed by atoms with Crippen LogP contribution >= 0.6 is 39.1 Å². The van der Waals surface area contributed by atoms with Crippen LogP contribution < -0.4 is 5.43 Å². The third kappa shape index (κ3) is 4.77. The number of nitrogens with zero attached hydrogens (tertiary/aromatic N) is 2. The highest BCUT2D eigenvalue weighted by Crippen LogP contribution is 2.26. The second-order valence-electron chi connectivity index (χ2n) is 6.83. The number of para-hydroxylation sites is 1. The monoisotopic (exact) mass is 515 g/mol. The maximum atomic E-state index is 12.3. The number of hydrogen-bond donors (Lipinski definition) is 2. The summed E-state index contributed by atoms with van der Waals surface area (Å²) in [5.41, 5.74) is 5.37. The van der Waals surface area contributed by atoms with E-state index in [1.807, 2.05) is 42.6 Å². The number of rotatable bonds is 5. The maximum absolute atomic E-state index is 12.3. The lowest BCUT2D eigenvalue weighted by molar-refractivity contribution is 0.0952. The van der Waals surface area contributed by atoms with Crippen molar-refractivity contribution in [1.29, 1.82) is 0 Å². The van der Waals surface area contributed by atoms with E-state index in [1.54, 1.807) is 18.3 Å². The van der Waals surface area contributed by atoms with Gasteiger partial charge in [0.1, 0.15) is 5.75 Å². The summed E-state index contributed by atoms with van der Waals surface area (Å²) in [5, 5.41) is 16.1. The molecule has 4 rings (SSSR count). The predicted octanol–water partition coefficient (Wildman–Crippen LogP) is 6.23. The molecule has 0 radical (unpaired) electrons. The summed E-state index contributed by atoms with van der Waals surface area (Å²) < 4.78 is 2.75. The number of hydrogen-bond acceptors (Lipinski definition) is 3. The summed E-state index contributed by atoms with van der Waals surface area (Å²) in [4.78, 5) is 12.3. The quantitative estimate of drug-likeness (QED) is 0.244. The summed E-state index contributed by atoms with van der Waals surface area (Å²) in [7, 11) is 0. The summed E-state index contributed by atoms with van der Waals surface area (Å²) in [6.45, 7) is 0.558. The number of hydrazone groups is 1. The molecule has 0 spiro atoms. The molecule has 0 fully saturated rings. The van der Waals surface area contributed by atoms with Gasteiger partial charge in [0.2, 0.25) is 0 Å². The molecular formula is C23H16BrCl2N3O2. The van der Waals surface area contributed by atoms with Crippen LogP contribution in [0.3, 0.4) is 0 Å². The molecule has 0 saturated heterocycles. The Morgan fingerprint density at radius 1 is 1.13 bits per heavy atom. The number of benzene rings is 3. The second-order valence-corrected chi connectivity index (χ2v) is 8.59. The lowest BCUT2D eigenvalue weighted by Gasteiger charge is -2.08. The van der Waals surface area contributed by atoms with Crippen molar-refractivity contribution in [2.75, 3.05) is 0 Å². The summed E-state index contributed by atoms with van der Waals surface area (Å²) in [5.74, 6) is -0.626. The van der Waals surface area contributed by atoms with Gasteiger partial charge in [-0.2, -0.15) is 5.10 Å². The Hall–Kier alpha value is -2.80. The molecule has 0 unspecified atom stereocenters. The summed E-state index contributed by atoms with van der Waals surface area (Å²) in [6, 6.07) is 17.9. The first-order valence-corrected chi connectivity index (χ1v) is 10.8. The van der Waals surface area contributed by atoms with Gasteiger partial charge in [-0.25, -0.2) is 5.43 Å². The minimum absolute atomic E-state index is 0.118. The van der Waals surface area contributed by atoms with Crippen LogP contribution in [0.5, 0.6) is 5.75 Å². The Morgan fingerprint density at radius 2 is 1.94 bits per heavy atom. The van der Waals surface area contributed by atoms with Crippen molar-refractivity contribution in [1.82, 2.24) is 9.99 Å². The Morgan fingerprint density at radius 3 is 2.74 bits per heavy atom. The fraction of sp³-hybridized carbons (Fsp3) is 0.0435. The molecule has 0 aliphatic rings. The van der Waals surface area contributed by atoms with Gasteiger partial charge >= 0.3 is 0 Å². The van der Waals surface area contributed by atoms with Crippen LogP contribution in [0.4, 0.5) is 0 Å². The van der Waals surface area contributed by atoms with E-state index in [2.05, 4.69) is 31.0 Å². The molecule has 1 aromatic heterocycles. The van der Waals surface area contributed by atoms with Crippen molar-refractivity contribution in [3.63, 3.8) is 0 Å². The van der Waals surface area contributed by atoms with Gasteiger partial charge in [-0.05, 0) is 42.0 Å². The van der Waals surface area contributed by atoms with Crippen molar-refractivity contribution >= 4 is 62.2 Å². The third-order valence-corrected chi connectivity index (χ3v) is 5.83. The topological polar surface area (TPSA) is 66.6 Å². The summed E-state index contributed by atoms with van der Waals surface area (Å²) >= 11 is 15.6. The van der Waals surface area contributed by atoms with Crippen molar-refractivity contribution in [2.45, 2.75) is 6.54 Å². The minimum atomic E-state index is -0.508. The number of phenolic OH excluding ortho intramolecular Hbond substituents is 1. The zero-order valence-corrected chi connectivity index (χ0v) is 19.1. The highest BCUT2D eigenvalue weighted by molar-refractivity contribution is 9.10.